The third kappa shape index (κ3) is 3.28. The fraction of sp³-hybridized carbons (Fsp3) is 0.500. The Morgan fingerprint density at radius 3 is 2.76 bits per heavy atom. The summed E-state index contributed by atoms with van der Waals surface area (Å²) in [7, 11) is 0. The van der Waals surface area contributed by atoms with Gasteiger partial charge in [0.05, 0.1) is 17.1 Å². The van der Waals surface area contributed by atoms with E-state index in [1.54, 1.807) is 0 Å². The molecule has 4 N–H and O–H groups in total. The maximum absolute atomic E-state index is 10.7. The molecule has 0 unspecified atom stereocenters. The zero-order chi connectivity index (χ0) is 12.3. The Balaban J connectivity index is 2.02. The lowest BCUT2D eigenvalue weighted by Crippen LogP contribution is -2.11. The molecule has 92 valence electrons. The van der Waals surface area contributed by atoms with Crippen molar-refractivity contribution in [1.29, 1.82) is 0 Å². The molecule has 1 saturated carbocycles. The number of aromatic nitrogens is 1. The highest BCUT2D eigenvalue weighted by molar-refractivity contribution is 5.54. The van der Waals surface area contributed by atoms with Crippen molar-refractivity contribution >= 4 is 17.3 Å². The van der Waals surface area contributed by atoms with Crippen LogP contribution in [0, 0.1) is 16.0 Å². The predicted molar refractivity (Wildman–Crippen MR) is 64.5 cm³/mol. The summed E-state index contributed by atoms with van der Waals surface area (Å²) in [5, 5.41) is 13.8. The summed E-state index contributed by atoms with van der Waals surface area (Å²) in [6.07, 6.45) is 3.66. The third-order valence-electron chi connectivity index (χ3n) is 2.72. The molecule has 7 heteroatoms. The monoisotopic (exact) mass is 237 g/mol. The summed E-state index contributed by atoms with van der Waals surface area (Å²) in [4.78, 5) is 14.3. The van der Waals surface area contributed by atoms with Gasteiger partial charge < -0.3 is 10.7 Å². The first-order valence-corrected chi connectivity index (χ1v) is 5.56. The SMILES string of the molecule is NNc1cc([N+](=O)[O-])cc(NCCC2CC2)n1. The van der Waals surface area contributed by atoms with Crippen LogP contribution < -0.4 is 16.6 Å². The summed E-state index contributed by atoms with van der Waals surface area (Å²) >= 11 is 0. The molecule has 0 amide bonds. The normalized spacial score (nSPS) is 14.4. The molecule has 7 nitrogen and oxygen atoms in total. The molecule has 1 aromatic heterocycles. The van der Waals surface area contributed by atoms with Gasteiger partial charge in [-0.3, -0.25) is 10.1 Å². The van der Waals surface area contributed by atoms with Crippen LogP contribution in [0.3, 0.4) is 0 Å². The quantitative estimate of drug-likeness (QED) is 0.393. The minimum atomic E-state index is -0.464. The average Bonchev–Trinajstić information content (AvgIpc) is 3.12. The van der Waals surface area contributed by atoms with Gasteiger partial charge in [0.15, 0.2) is 0 Å². The van der Waals surface area contributed by atoms with Crippen LogP contribution in [0.25, 0.3) is 0 Å². The highest BCUT2D eigenvalue weighted by Crippen LogP contribution is 2.32. The maximum Gasteiger partial charge on any atom is 0.276 e. The molecule has 0 radical (unpaired) electrons. The van der Waals surface area contributed by atoms with E-state index in [1.807, 2.05) is 0 Å². The van der Waals surface area contributed by atoms with Crippen LogP contribution in [0.1, 0.15) is 19.3 Å². The number of nitro groups is 1. The fourth-order valence-corrected chi connectivity index (χ4v) is 1.60. The molecule has 1 aromatic rings. The first-order chi connectivity index (χ1) is 8.19. The Morgan fingerprint density at radius 2 is 2.18 bits per heavy atom. The van der Waals surface area contributed by atoms with Crippen LogP contribution in [0.15, 0.2) is 12.1 Å². The molecule has 2 rings (SSSR count). The van der Waals surface area contributed by atoms with Gasteiger partial charge in [0.25, 0.3) is 5.69 Å². The second-order valence-electron chi connectivity index (χ2n) is 4.16. The molecule has 0 aromatic carbocycles. The van der Waals surface area contributed by atoms with Gasteiger partial charge in [-0.05, 0) is 12.3 Å². The molecule has 17 heavy (non-hydrogen) atoms. The van der Waals surface area contributed by atoms with Crippen molar-refractivity contribution in [3.05, 3.63) is 22.2 Å². The highest BCUT2D eigenvalue weighted by atomic mass is 16.6. The van der Waals surface area contributed by atoms with Gasteiger partial charge in [-0.25, -0.2) is 10.8 Å². The third-order valence-corrected chi connectivity index (χ3v) is 2.72. The maximum atomic E-state index is 10.7. The lowest BCUT2D eigenvalue weighted by molar-refractivity contribution is -0.384. The zero-order valence-corrected chi connectivity index (χ0v) is 9.35. The highest BCUT2D eigenvalue weighted by Gasteiger charge is 2.20. The molecule has 0 spiro atoms. The molecule has 1 aliphatic carbocycles. The Bertz CT molecular complexity index is 419. The Hall–Kier alpha value is -1.89. The molecular formula is C10H15N5O2. The van der Waals surface area contributed by atoms with Crippen molar-refractivity contribution < 1.29 is 4.92 Å². The summed E-state index contributed by atoms with van der Waals surface area (Å²) < 4.78 is 0. The number of hydrogen-bond acceptors (Lipinski definition) is 6. The van der Waals surface area contributed by atoms with Crippen LogP contribution in [0.4, 0.5) is 17.3 Å². The Kier molecular flexibility index (Phi) is 3.38. The average molecular weight is 237 g/mol. The number of hydrogen-bond donors (Lipinski definition) is 3. The first-order valence-electron chi connectivity index (χ1n) is 5.56. The molecule has 1 aliphatic rings. The molecule has 0 bridgehead atoms. The first kappa shape index (κ1) is 11.6. The van der Waals surface area contributed by atoms with Crippen LogP contribution in [0.2, 0.25) is 0 Å². The zero-order valence-electron chi connectivity index (χ0n) is 9.35. The number of pyridine rings is 1. The fourth-order valence-electron chi connectivity index (χ4n) is 1.60. The molecule has 0 aliphatic heterocycles. The second-order valence-corrected chi connectivity index (χ2v) is 4.16. The molecule has 0 saturated heterocycles. The van der Waals surface area contributed by atoms with Gasteiger partial charge >= 0.3 is 0 Å². The minimum absolute atomic E-state index is 0.0260. The topological polar surface area (TPSA) is 106 Å². The Labute approximate surface area is 98.5 Å². The van der Waals surface area contributed by atoms with Gasteiger partial charge in [-0.15, -0.1) is 0 Å². The van der Waals surface area contributed by atoms with Crippen LogP contribution >= 0.6 is 0 Å². The van der Waals surface area contributed by atoms with E-state index >= 15 is 0 Å². The molecular weight excluding hydrogens is 222 g/mol. The van der Waals surface area contributed by atoms with Crippen LogP contribution in [0.5, 0.6) is 0 Å². The number of nitrogen functional groups attached to an aromatic ring is 1. The van der Waals surface area contributed by atoms with Crippen molar-refractivity contribution in [2.45, 2.75) is 19.3 Å². The number of hydrazine groups is 1. The van der Waals surface area contributed by atoms with Crippen molar-refractivity contribution in [3.8, 4) is 0 Å². The van der Waals surface area contributed by atoms with Gasteiger partial charge in [0.2, 0.25) is 0 Å². The molecule has 0 atom stereocenters. The lowest BCUT2D eigenvalue weighted by atomic mass is 10.3. The van der Waals surface area contributed by atoms with Crippen LogP contribution in [-0.4, -0.2) is 16.5 Å². The summed E-state index contributed by atoms with van der Waals surface area (Å²) in [6, 6.07) is 2.71. The number of rotatable bonds is 6. The number of nitrogens with zero attached hydrogens (tertiary/aromatic N) is 2. The van der Waals surface area contributed by atoms with E-state index in [2.05, 4.69) is 15.7 Å². The van der Waals surface area contributed by atoms with Gasteiger partial charge in [0, 0.05) is 6.54 Å². The van der Waals surface area contributed by atoms with E-state index in [9.17, 15) is 10.1 Å². The standard InChI is InChI=1S/C10H15N5O2/c11-14-10-6-8(15(16)17)5-9(13-10)12-4-3-7-1-2-7/h5-7H,1-4,11H2,(H2,12,13,14). The molecule has 1 heterocycles. The van der Waals surface area contributed by atoms with Gasteiger partial charge in [-0.1, -0.05) is 12.8 Å². The predicted octanol–water partition coefficient (Wildman–Crippen LogP) is 1.49. The van der Waals surface area contributed by atoms with Crippen molar-refractivity contribution in [2.24, 2.45) is 11.8 Å². The van der Waals surface area contributed by atoms with E-state index in [0.29, 0.717) is 5.82 Å². The largest absolute Gasteiger partial charge is 0.370 e. The van der Waals surface area contributed by atoms with E-state index in [4.69, 9.17) is 5.84 Å². The van der Waals surface area contributed by atoms with Crippen molar-refractivity contribution in [3.63, 3.8) is 0 Å². The smallest absolute Gasteiger partial charge is 0.276 e. The number of anilines is 2. The van der Waals surface area contributed by atoms with Gasteiger partial charge in [-0.2, -0.15) is 0 Å². The second kappa shape index (κ2) is 4.96. The van der Waals surface area contributed by atoms with E-state index in [1.165, 1.54) is 25.0 Å². The lowest BCUT2D eigenvalue weighted by Gasteiger charge is -2.06. The van der Waals surface area contributed by atoms with Crippen molar-refractivity contribution in [1.82, 2.24) is 4.98 Å². The summed E-state index contributed by atoms with van der Waals surface area (Å²) in [5.74, 6) is 6.79. The van der Waals surface area contributed by atoms with Crippen molar-refractivity contribution in [2.75, 3.05) is 17.3 Å². The summed E-state index contributed by atoms with van der Waals surface area (Å²) in [5.41, 5.74) is 2.29. The Morgan fingerprint density at radius 1 is 1.47 bits per heavy atom. The van der Waals surface area contributed by atoms with E-state index in [0.717, 1.165) is 18.9 Å². The molecule has 1 fully saturated rings. The summed E-state index contributed by atoms with van der Waals surface area (Å²) in [6.45, 7) is 0.781. The minimum Gasteiger partial charge on any atom is -0.370 e. The van der Waals surface area contributed by atoms with Gasteiger partial charge in [0.1, 0.15) is 11.6 Å². The van der Waals surface area contributed by atoms with Crippen LogP contribution in [-0.2, 0) is 0 Å². The number of nitrogens with one attached hydrogen (secondary N) is 2. The van der Waals surface area contributed by atoms with E-state index in [-0.39, 0.29) is 11.5 Å². The van der Waals surface area contributed by atoms with E-state index < -0.39 is 4.92 Å². The number of nitrogens with two attached hydrogens (primary N) is 1.